The molecule has 3 atom stereocenters. The molecule has 0 aromatic heterocycles. The van der Waals surface area contributed by atoms with Crippen LogP contribution < -0.4 is 5.32 Å². The van der Waals surface area contributed by atoms with Crippen LogP contribution in [0.2, 0.25) is 0 Å². The van der Waals surface area contributed by atoms with E-state index in [2.05, 4.69) is 5.32 Å². The van der Waals surface area contributed by atoms with Crippen LogP contribution in [0.1, 0.15) is 37.9 Å². The van der Waals surface area contributed by atoms with Crippen molar-refractivity contribution >= 4 is 5.78 Å². The first-order chi connectivity index (χ1) is 9.08. The quantitative estimate of drug-likeness (QED) is 0.757. The van der Waals surface area contributed by atoms with Gasteiger partial charge in [0.05, 0.1) is 6.10 Å². The number of carbonyl (C=O) groups is 1. The third kappa shape index (κ3) is 3.55. The van der Waals surface area contributed by atoms with Crippen molar-refractivity contribution in [3.63, 3.8) is 0 Å². The molecular weight excluding hydrogens is 242 g/mol. The molecule has 4 nitrogen and oxygen atoms in total. The Balaban J connectivity index is 1.86. The Bertz CT molecular complexity index is 430. The zero-order chi connectivity index (χ0) is 13.8. The number of rotatable bonds is 5. The van der Waals surface area contributed by atoms with Crippen LogP contribution in [0.3, 0.4) is 0 Å². The molecule has 0 amide bonds. The maximum Gasteiger partial charge on any atom is 0.137 e. The van der Waals surface area contributed by atoms with Crippen molar-refractivity contribution < 1.29 is 15.0 Å². The first kappa shape index (κ1) is 14.0. The Kier molecular flexibility index (Phi) is 4.56. The fourth-order valence-electron chi connectivity index (χ4n) is 2.50. The van der Waals surface area contributed by atoms with Crippen molar-refractivity contribution in [1.29, 1.82) is 0 Å². The van der Waals surface area contributed by atoms with Crippen molar-refractivity contribution in [1.82, 2.24) is 5.32 Å². The largest absolute Gasteiger partial charge is 0.508 e. The molecular formula is C15H21NO3. The van der Waals surface area contributed by atoms with Gasteiger partial charge in [-0.3, -0.25) is 4.79 Å². The number of benzene rings is 1. The predicted octanol–water partition coefficient (Wildman–Crippen LogP) is 1.77. The lowest BCUT2D eigenvalue weighted by molar-refractivity contribution is -0.120. The van der Waals surface area contributed by atoms with Crippen LogP contribution in [0, 0.1) is 5.92 Å². The lowest BCUT2D eigenvalue weighted by Gasteiger charge is -2.22. The fraction of sp³-hybridized carbons (Fsp3) is 0.533. The minimum Gasteiger partial charge on any atom is -0.508 e. The maximum absolute atomic E-state index is 11.5. The van der Waals surface area contributed by atoms with Gasteiger partial charge in [-0.25, -0.2) is 0 Å². The average Bonchev–Trinajstić information content (AvgIpc) is 2.81. The maximum atomic E-state index is 11.5. The summed E-state index contributed by atoms with van der Waals surface area (Å²) >= 11 is 0. The number of nitrogens with one attached hydrogen (secondary N) is 1. The van der Waals surface area contributed by atoms with Gasteiger partial charge in [0, 0.05) is 24.9 Å². The van der Waals surface area contributed by atoms with Crippen molar-refractivity contribution in [3.8, 4) is 5.75 Å². The average molecular weight is 263 g/mol. The molecule has 4 heteroatoms. The van der Waals surface area contributed by atoms with E-state index in [0.29, 0.717) is 18.7 Å². The van der Waals surface area contributed by atoms with E-state index in [4.69, 9.17) is 0 Å². The fourth-order valence-corrected chi connectivity index (χ4v) is 2.50. The topological polar surface area (TPSA) is 69.6 Å². The molecule has 0 heterocycles. The lowest BCUT2D eigenvalue weighted by atomic mass is 10.0. The van der Waals surface area contributed by atoms with E-state index in [-0.39, 0.29) is 17.7 Å². The summed E-state index contributed by atoms with van der Waals surface area (Å²) in [6.07, 6.45) is 1.99. The van der Waals surface area contributed by atoms with Gasteiger partial charge in [-0.1, -0.05) is 12.1 Å². The molecule has 0 radical (unpaired) electrons. The van der Waals surface area contributed by atoms with Crippen LogP contribution in [0.15, 0.2) is 24.3 Å². The second kappa shape index (κ2) is 6.17. The third-order valence-electron chi connectivity index (χ3n) is 3.83. The number of hydrogen-bond acceptors (Lipinski definition) is 4. The molecule has 0 aliphatic heterocycles. The summed E-state index contributed by atoms with van der Waals surface area (Å²) in [5.41, 5.74) is 0.760. The van der Waals surface area contributed by atoms with Crippen molar-refractivity contribution in [3.05, 3.63) is 29.8 Å². The smallest absolute Gasteiger partial charge is 0.137 e. The number of phenolic OH excluding ortho intramolecular Hbond substituents is 1. The number of aliphatic hydroxyl groups excluding tert-OH is 1. The van der Waals surface area contributed by atoms with Crippen LogP contribution in [0.5, 0.6) is 5.75 Å². The second-order valence-electron chi connectivity index (χ2n) is 5.29. The summed E-state index contributed by atoms with van der Waals surface area (Å²) in [4.78, 5) is 11.5. The van der Waals surface area contributed by atoms with Gasteiger partial charge in [-0.2, -0.15) is 0 Å². The van der Waals surface area contributed by atoms with Crippen molar-refractivity contribution in [2.75, 3.05) is 6.54 Å². The molecule has 3 unspecified atom stereocenters. The summed E-state index contributed by atoms with van der Waals surface area (Å²) in [7, 11) is 0. The molecule has 1 saturated carbocycles. The van der Waals surface area contributed by atoms with Crippen LogP contribution in [0.25, 0.3) is 0 Å². The highest BCUT2D eigenvalue weighted by Gasteiger charge is 2.25. The summed E-state index contributed by atoms with van der Waals surface area (Å²) < 4.78 is 0. The van der Waals surface area contributed by atoms with E-state index >= 15 is 0 Å². The molecule has 1 aromatic carbocycles. The molecule has 1 aromatic rings. The minimum atomic E-state index is -0.642. The van der Waals surface area contributed by atoms with E-state index in [9.17, 15) is 15.0 Å². The summed E-state index contributed by atoms with van der Waals surface area (Å²) in [5, 5.41) is 22.6. The minimum absolute atomic E-state index is 0.106. The highest BCUT2D eigenvalue weighted by molar-refractivity contribution is 5.83. The standard InChI is InChI=1S/C15H21NO3/c1-10(16-9-12-3-2-4-14(12)18)15(19)11-5-7-13(17)8-6-11/h5-8,10,12,15-17,19H,2-4,9H2,1H3. The first-order valence-corrected chi connectivity index (χ1v) is 6.81. The Morgan fingerprint density at radius 1 is 1.37 bits per heavy atom. The molecule has 1 aliphatic carbocycles. The van der Waals surface area contributed by atoms with Gasteiger partial charge in [0.15, 0.2) is 0 Å². The number of Topliss-reactive ketones (excluding diaryl/α,β-unsaturated/α-hetero) is 1. The van der Waals surface area contributed by atoms with Gasteiger partial charge < -0.3 is 15.5 Å². The number of aromatic hydroxyl groups is 1. The van der Waals surface area contributed by atoms with Gasteiger partial charge >= 0.3 is 0 Å². The van der Waals surface area contributed by atoms with Gasteiger partial charge in [-0.05, 0) is 37.5 Å². The monoisotopic (exact) mass is 263 g/mol. The highest BCUT2D eigenvalue weighted by atomic mass is 16.3. The molecule has 2 rings (SSSR count). The number of aliphatic hydroxyl groups is 1. The van der Waals surface area contributed by atoms with Gasteiger partial charge in [0.25, 0.3) is 0 Å². The van der Waals surface area contributed by atoms with Gasteiger partial charge in [-0.15, -0.1) is 0 Å². The molecule has 3 N–H and O–H groups in total. The summed E-state index contributed by atoms with van der Waals surface area (Å²) in [5.74, 6) is 0.626. The zero-order valence-corrected chi connectivity index (χ0v) is 11.2. The van der Waals surface area contributed by atoms with Crippen LogP contribution in [0.4, 0.5) is 0 Å². The second-order valence-corrected chi connectivity index (χ2v) is 5.29. The molecule has 0 saturated heterocycles. The molecule has 19 heavy (non-hydrogen) atoms. The van der Waals surface area contributed by atoms with Crippen LogP contribution in [-0.4, -0.2) is 28.6 Å². The van der Waals surface area contributed by atoms with Crippen molar-refractivity contribution in [2.45, 2.75) is 38.3 Å². The summed E-state index contributed by atoms with van der Waals surface area (Å²) in [6.45, 7) is 2.53. The third-order valence-corrected chi connectivity index (χ3v) is 3.83. The Hall–Kier alpha value is -1.39. The number of ketones is 1. The SMILES string of the molecule is CC(NCC1CCCC1=O)C(O)c1ccc(O)cc1. The van der Waals surface area contributed by atoms with E-state index in [1.807, 2.05) is 6.92 Å². The lowest BCUT2D eigenvalue weighted by Crippen LogP contribution is -2.36. The highest BCUT2D eigenvalue weighted by Crippen LogP contribution is 2.22. The van der Waals surface area contributed by atoms with Gasteiger partial charge in [0.2, 0.25) is 0 Å². The predicted molar refractivity (Wildman–Crippen MR) is 72.9 cm³/mol. The van der Waals surface area contributed by atoms with Crippen molar-refractivity contribution in [2.24, 2.45) is 5.92 Å². The summed E-state index contributed by atoms with van der Waals surface area (Å²) in [6, 6.07) is 6.41. The Morgan fingerprint density at radius 2 is 2.05 bits per heavy atom. The first-order valence-electron chi connectivity index (χ1n) is 6.81. The molecule has 0 spiro atoms. The molecule has 1 fully saturated rings. The molecule has 0 bridgehead atoms. The Morgan fingerprint density at radius 3 is 2.63 bits per heavy atom. The zero-order valence-electron chi connectivity index (χ0n) is 11.2. The van der Waals surface area contributed by atoms with E-state index < -0.39 is 6.10 Å². The van der Waals surface area contributed by atoms with Crippen LogP contribution >= 0.6 is 0 Å². The number of carbonyl (C=O) groups excluding carboxylic acids is 1. The van der Waals surface area contributed by atoms with E-state index in [0.717, 1.165) is 18.4 Å². The van der Waals surface area contributed by atoms with Crippen LogP contribution in [-0.2, 0) is 4.79 Å². The molecule has 1 aliphatic rings. The van der Waals surface area contributed by atoms with Gasteiger partial charge in [0.1, 0.15) is 11.5 Å². The molecule has 104 valence electrons. The van der Waals surface area contributed by atoms with E-state index in [1.165, 1.54) is 0 Å². The normalized spacial score (nSPS) is 22.4. The Labute approximate surface area is 113 Å². The number of phenols is 1. The van der Waals surface area contributed by atoms with E-state index in [1.54, 1.807) is 24.3 Å². The number of hydrogen-bond donors (Lipinski definition) is 3.